The van der Waals surface area contributed by atoms with E-state index >= 15 is 0 Å². The normalized spacial score (nSPS) is 22.5. The molecule has 7 nitrogen and oxygen atoms in total. The van der Waals surface area contributed by atoms with Crippen LogP contribution in [0.5, 0.6) is 0 Å². The van der Waals surface area contributed by atoms with Crippen LogP contribution in [0.3, 0.4) is 0 Å². The van der Waals surface area contributed by atoms with Crippen molar-refractivity contribution in [2.24, 2.45) is 0 Å². The minimum atomic E-state index is -5.03. The first-order valence-electron chi connectivity index (χ1n) is 9.65. The van der Waals surface area contributed by atoms with Gasteiger partial charge in [0.15, 0.2) is 0 Å². The van der Waals surface area contributed by atoms with Gasteiger partial charge in [-0.05, 0) is 42.4 Å². The molecule has 0 saturated heterocycles. The first-order valence-corrected chi connectivity index (χ1v) is 12.5. The van der Waals surface area contributed by atoms with Crippen molar-refractivity contribution in [3.8, 4) is 0 Å². The first kappa shape index (κ1) is 23.8. The molecule has 0 heterocycles. The van der Waals surface area contributed by atoms with Crippen LogP contribution >= 0.6 is 0 Å². The summed E-state index contributed by atoms with van der Waals surface area (Å²) in [5, 5.41) is 11.2. The number of aryl methyl sites for hydroxylation is 1. The summed E-state index contributed by atoms with van der Waals surface area (Å²) in [6, 6.07) is 4.46. The monoisotopic (exact) mass is 444 g/mol. The van der Waals surface area contributed by atoms with E-state index in [1.807, 2.05) is 13.8 Å². The Bertz CT molecular complexity index is 1010. The molecule has 162 valence electrons. The lowest BCUT2D eigenvalue weighted by Gasteiger charge is -2.37. The molecule has 0 aromatic heterocycles. The topological polar surface area (TPSA) is 129 Å². The third-order valence-electron chi connectivity index (χ3n) is 5.20. The molecule has 9 heteroatoms. The van der Waals surface area contributed by atoms with Crippen LogP contribution in [0.4, 0.5) is 0 Å². The quantitative estimate of drug-likeness (QED) is 0.496. The fraction of sp³-hybridized carbons (Fsp3) is 0.500. The van der Waals surface area contributed by atoms with E-state index in [1.54, 1.807) is 12.1 Å². The maximum absolute atomic E-state index is 12.3. The molecule has 1 aliphatic rings. The van der Waals surface area contributed by atoms with Gasteiger partial charge in [0, 0.05) is 0 Å². The molecule has 0 fully saturated rings. The van der Waals surface area contributed by atoms with E-state index in [9.17, 15) is 31.0 Å². The number of rotatable bonds is 9. The predicted molar refractivity (Wildman–Crippen MR) is 111 cm³/mol. The standard InChI is InChI=1S/C20H28O7S2/c1-3-5-9-15-10-7-13-17(19(15)28(22,23)24)18-14-8-12-16(11-6-4-2)20(18,21)29(25,26)27/h7-8,10,12-14,18,21H,3-6,9,11H2,1-2H3,(H,22,23,24)(H,25,26,27). The van der Waals surface area contributed by atoms with Crippen LogP contribution in [0.1, 0.15) is 63.0 Å². The van der Waals surface area contributed by atoms with Gasteiger partial charge in [-0.2, -0.15) is 16.8 Å². The van der Waals surface area contributed by atoms with Crippen LogP contribution < -0.4 is 0 Å². The SMILES string of the molecule is CCCCC1=CC=CC(c2cccc(CCCC)c2S(=O)(=O)O)C1(O)S(=O)(=O)O. The summed E-state index contributed by atoms with van der Waals surface area (Å²) in [5.74, 6) is -1.40. The van der Waals surface area contributed by atoms with E-state index in [4.69, 9.17) is 0 Å². The molecule has 1 aromatic rings. The van der Waals surface area contributed by atoms with Crippen molar-refractivity contribution in [3.05, 3.63) is 53.1 Å². The van der Waals surface area contributed by atoms with Gasteiger partial charge in [0.05, 0.1) is 5.92 Å². The molecular weight excluding hydrogens is 416 g/mol. The lowest BCUT2D eigenvalue weighted by Crippen LogP contribution is -2.46. The lowest BCUT2D eigenvalue weighted by atomic mass is 9.82. The summed E-state index contributed by atoms with van der Waals surface area (Å²) >= 11 is 0. The average Bonchev–Trinajstić information content (AvgIpc) is 2.63. The second-order valence-corrected chi connectivity index (χ2v) is 10.2. The van der Waals surface area contributed by atoms with E-state index in [-0.39, 0.29) is 17.6 Å². The summed E-state index contributed by atoms with van der Waals surface area (Å²) in [6.45, 7) is 3.83. The Hall–Kier alpha value is -1.52. The highest BCUT2D eigenvalue weighted by molar-refractivity contribution is 7.87. The summed E-state index contributed by atoms with van der Waals surface area (Å²) in [6.07, 6.45) is 7.62. The van der Waals surface area contributed by atoms with Crippen molar-refractivity contribution in [2.45, 2.75) is 68.1 Å². The third kappa shape index (κ3) is 4.80. The number of hydrogen-bond acceptors (Lipinski definition) is 5. The summed E-state index contributed by atoms with van der Waals surface area (Å²) in [4.78, 5) is -3.14. The average molecular weight is 445 g/mol. The number of benzene rings is 1. The van der Waals surface area contributed by atoms with E-state index in [0.29, 0.717) is 24.8 Å². The Morgan fingerprint density at radius 1 is 1.00 bits per heavy atom. The maximum Gasteiger partial charge on any atom is 0.300 e. The zero-order chi connectivity index (χ0) is 21.9. The van der Waals surface area contributed by atoms with Crippen molar-refractivity contribution in [1.29, 1.82) is 0 Å². The van der Waals surface area contributed by atoms with Crippen LogP contribution in [0, 0.1) is 0 Å². The Balaban J connectivity index is 2.75. The zero-order valence-corrected chi connectivity index (χ0v) is 18.2. The van der Waals surface area contributed by atoms with Gasteiger partial charge >= 0.3 is 0 Å². The molecule has 0 saturated carbocycles. The largest absolute Gasteiger partial charge is 0.369 e. The minimum absolute atomic E-state index is 0.0698. The van der Waals surface area contributed by atoms with Crippen molar-refractivity contribution in [2.75, 3.05) is 0 Å². The Labute approximate surface area is 172 Å². The van der Waals surface area contributed by atoms with Gasteiger partial charge < -0.3 is 5.11 Å². The molecule has 1 aliphatic carbocycles. The molecule has 2 atom stereocenters. The second kappa shape index (κ2) is 9.09. The molecule has 0 radical (unpaired) electrons. The Morgan fingerprint density at radius 2 is 1.62 bits per heavy atom. The van der Waals surface area contributed by atoms with Gasteiger partial charge in [0.25, 0.3) is 20.2 Å². The third-order valence-corrected chi connectivity index (χ3v) is 7.51. The molecule has 1 aromatic carbocycles. The predicted octanol–water partition coefficient (Wildman–Crippen LogP) is 3.62. The molecule has 2 rings (SSSR count). The van der Waals surface area contributed by atoms with Gasteiger partial charge in [-0.1, -0.05) is 63.1 Å². The van der Waals surface area contributed by atoms with Crippen LogP contribution in [0.25, 0.3) is 0 Å². The molecule has 0 aliphatic heterocycles. The Kier molecular flexibility index (Phi) is 7.45. The minimum Gasteiger partial charge on any atom is -0.369 e. The first-order chi connectivity index (χ1) is 13.5. The van der Waals surface area contributed by atoms with Crippen LogP contribution in [0.2, 0.25) is 0 Å². The van der Waals surface area contributed by atoms with Crippen molar-refractivity contribution < 1.29 is 31.0 Å². The molecule has 2 unspecified atom stereocenters. The fourth-order valence-electron chi connectivity index (χ4n) is 3.73. The van der Waals surface area contributed by atoms with E-state index in [2.05, 4.69) is 0 Å². The molecule has 0 spiro atoms. The number of hydrogen-bond donors (Lipinski definition) is 3. The van der Waals surface area contributed by atoms with E-state index in [0.717, 1.165) is 12.8 Å². The van der Waals surface area contributed by atoms with Crippen LogP contribution in [-0.2, 0) is 26.7 Å². The van der Waals surface area contributed by atoms with E-state index < -0.39 is 36.0 Å². The van der Waals surface area contributed by atoms with E-state index in [1.165, 1.54) is 24.3 Å². The van der Waals surface area contributed by atoms with Gasteiger partial charge in [-0.25, -0.2) is 0 Å². The zero-order valence-electron chi connectivity index (χ0n) is 16.6. The van der Waals surface area contributed by atoms with Crippen molar-refractivity contribution in [1.82, 2.24) is 0 Å². The highest BCUT2D eigenvalue weighted by Gasteiger charge is 2.52. The second-order valence-electron chi connectivity index (χ2n) is 7.24. The lowest BCUT2D eigenvalue weighted by molar-refractivity contribution is 0.127. The van der Waals surface area contributed by atoms with Crippen LogP contribution in [-0.4, -0.2) is 36.0 Å². The number of aliphatic hydroxyl groups is 1. The fourth-order valence-corrected chi connectivity index (χ4v) is 5.75. The number of allylic oxidation sites excluding steroid dienone is 2. The van der Waals surface area contributed by atoms with Crippen molar-refractivity contribution in [3.63, 3.8) is 0 Å². The van der Waals surface area contributed by atoms with Gasteiger partial charge in [0.2, 0.25) is 4.93 Å². The molecule has 3 N–H and O–H groups in total. The molecule has 29 heavy (non-hydrogen) atoms. The molecular formula is C20H28O7S2. The smallest absolute Gasteiger partial charge is 0.300 e. The number of unbranched alkanes of at least 4 members (excludes halogenated alkanes) is 2. The Morgan fingerprint density at radius 3 is 2.17 bits per heavy atom. The van der Waals surface area contributed by atoms with Crippen molar-refractivity contribution >= 4 is 20.2 Å². The van der Waals surface area contributed by atoms with Gasteiger partial charge in [0.1, 0.15) is 4.90 Å². The summed E-state index contributed by atoms with van der Waals surface area (Å²) < 4.78 is 68.9. The highest BCUT2D eigenvalue weighted by atomic mass is 32.2. The summed E-state index contributed by atoms with van der Waals surface area (Å²) in [7, 11) is -9.75. The molecule has 0 bridgehead atoms. The van der Waals surface area contributed by atoms with Gasteiger partial charge in [-0.15, -0.1) is 0 Å². The highest BCUT2D eigenvalue weighted by Crippen LogP contribution is 2.45. The van der Waals surface area contributed by atoms with Crippen LogP contribution in [0.15, 0.2) is 46.9 Å². The van der Waals surface area contributed by atoms with Gasteiger partial charge in [-0.3, -0.25) is 9.11 Å². The molecule has 0 amide bonds. The summed E-state index contributed by atoms with van der Waals surface area (Å²) in [5.41, 5.74) is 0.344. The maximum atomic E-state index is 12.3.